The molecule has 2 nitrogen and oxygen atoms in total. The first-order valence-electron chi connectivity index (χ1n) is 7.51. The largest absolute Gasteiger partial charge is 0.490 e. The number of benzene rings is 2. The van der Waals surface area contributed by atoms with Gasteiger partial charge in [-0.2, -0.15) is 0 Å². The van der Waals surface area contributed by atoms with Crippen molar-refractivity contribution < 1.29 is 4.74 Å². The van der Waals surface area contributed by atoms with E-state index >= 15 is 0 Å². The Kier molecular flexibility index (Phi) is 6.56. The van der Waals surface area contributed by atoms with Crippen LogP contribution in [0, 0.1) is 0 Å². The van der Waals surface area contributed by atoms with Crippen molar-refractivity contribution in [3.05, 3.63) is 63.6 Å². The van der Waals surface area contributed by atoms with E-state index in [1.54, 1.807) is 0 Å². The van der Waals surface area contributed by atoms with Crippen LogP contribution in [0.3, 0.4) is 0 Å². The standard InChI is InChI=1S/C18H21Cl2NO/c1-3-9-22-18-16(19)10-14(11-17(18)20)12-21-13(2)15-7-5-4-6-8-15/h4-8,10-11,13,21H,3,9,12H2,1-2H3/t13-/m1/s1. The third-order valence-corrected chi connectivity index (χ3v) is 3.98. The Labute approximate surface area is 142 Å². The van der Waals surface area contributed by atoms with E-state index in [9.17, 15) is 0 Å². The summed E-state index contributed by atoms with van der Waals surface area (Å²) in [6, 6.07) is 14.4. The molecule has 1 atom stereocenters. The molecule has 0 amide bonds. The molecule has 1 N–H and O–H groups in total. The van der Waals surface area contributed by atoms with Crippen molar-refractivity contribution >= 4 is 23.2 Å². The summed E-state index contributed by atoms with van der Waals surface area (Å²) in [4.78, 5) is 0. The van der Waals surface area contributed by atoms with Crippen molar-refractivity contribution in [1.29, 1.82) is 0 Å². The molecule has 2 aromatic rings. The second kappa shape index (κ2) is 8.42. The molecule has 118 valence electrons. The molecule has 0 saturated heterocycles. The fraction of sp³-hybridized carbons (Fsp3) is 0.333. The molecule has 0 bridgehead atoms. The lowest BCUT2D eigenvalue weighted by Crippen LogP contribution is -2.18. The van der Waals surface area contributed by atoms with Crippen LogP contribution in [-0.2, 0) is 6.54 Å². The fourth-order valence-corrected chi connectivity index (χ4v) is 2.83. The molecule has 0 aliphatic rings. The first kappa shape index (κ1) is 17.1. The Bertz CT molecular complexity index is 578. The van der Waals surface area contributed by atoms with Gasteiger partial charge in [0.2, 0.25) is 0 Å². The first-order valence-corrected chi connectivity index (χ1v) is 8.26. The van der Waals surface area contributed by atoms with Gasteiger partial charge < -0.3 is 10.1 Å². The molecule has 0 unspecified atom stereocenters. The molecule has 0 aliphatic carbocycles. The molecule has 0 fully saturated rings. The third kappa shape index (κ3) is 4.64. The van der Waals surface area contributed by atoms with E-state index in [1.165, 1.54) is 5.56 Å². The summed E-state index contributed by atoms with van der Waals surface area (Å²) in [6.45, 7) is 5.49. The lowest BCUT2D eigenvalue weighted by atomic mass is 10.1. The molecule has 2 rings (SSSR count). The highest BCUT2D eigenvalue weighted by atomic mass is 35.5. The van der Waals surface area contributed by atoms with Crippen LogP contribution in [-0.4, -0.2) is 6.61 Å². The van der Waals surface area contributed by atoms with E-state index < -0.39 is 0 Å². The average molecular weight is 338 g/mol. The summed E-state index contributed by atoms with van der Waals surface area (Å²) >= 11 is 12.5. The van der Waals surface area contributed by atoms with Gasteiger partial charge in [0.15, 0.2) is 5.75 Å². The summed E-state index contributed by atoms with van der Waals surface area (Å²) in [6.07, 6.45) is 0.921. The minimum Gasteiger partial charge on any atom is -0.490 e. The Morgan fingerprint density at radius 2 is 1.73 bits per heavy atom. The van der Waals surface area contributed by atoms with Crippen molar-refractivity contribution in [2.24, 2.45) is 0 Å². The number of nitrogens with one attached hydrogen (secondary N) is 1. The second-order valence-electron chi connectivity index (χ2n) is 5.25. The number of hydrogen-bond donors (Lipinski definition) is 1. The van der Waals surface area contributed by atoms with Crippen LogP contribution in [0.1, 0.15) is 37.4 Å². The minimum absolute atomic E-state index is 0.259. The normalized spacial score (nSPS) is 12.2. The smallest absolute Gasteiger partial charge is 0.156 e. The van der Waals surface area contributed by atoms with Gasteiger partial charge in [0.05, 0.1) is 16.7 Å². The van der Waals surface area contributed by atoms with Crippen LogP contribution in [0.5, 0.6) is 5.75 Å². The predicted molar refractivity (Wildman–Crippen MR) is 93.9 cm³/mol. The van der Waals surface area contributed by atoms with Gasteiger partial charge in [-0.1, -0.05) is 60.5 Å². The van der Waals surface area contributed by atoms with Gasteiger partial charge >= 0.3 is 0 Å². The van der Waals surface area contributed by atoms with Crippen molar-refractivity contribution in [3.63, 3.8) is 0 Å². The molecule has 0 saturated carbocycles. The molecule has 2 aromatic carbocycles. The highest BCUT2D eigenvalue weighted by Gasteiger charge is 2.11. The Morgan fingerprint density at radius 3 is 2.32 bits per heavy atom. The zero-order valence-corrected chi connectivity index (χ0v) is 14.4. The maximum Gasteiger partial charge on any atom is 0.156 e. The van der Waals surface area contributed by atoms with Crippen LogP contribution in [0.4, 0.5) is 0 Å². The lowest BCUT2D eigenvalue weighted by Gasteiger charge is -2.16. The molecule has 0 heterocycles. The molecule has 4 heteroatoms. The van der Waals surface area contributed by atoms with Crippen LogP contribution >= 0.6 is 23.2 Å². The number of hydrogen-bond acceptors (Lipinski definition) is 2. The Morgan fingerprint density at radius 1 is 1.09 bits per heavy atom. The summed E-state index contributed by atoms with van der Waals surface area (Å²) in [7, 11) is 0. The van der Waals surface area contributed by atoms with Crippen molar-refractivity contribution in [2.75, 3.05) is 6.61 Å². The molecule has 0 aromatic heterocycles. The van der Waals surface area contributed by atoms with Gasteiger partial charge in [0.1, 0.15) is 0 Å². The number of rotatable bonds is 7. The first-order chi connectivity index (χ1) is 10.6. The van der Waals surface area contributed by atoms with Gasteiger partial charge in [-0.05, 0) is 36.6 Å². The molecular formula is C18H21Cl2NO. The van der Waals surface area contributed by atoms with E-state index in [0.29, 0.717) is 28.9 Å². The average Bonchev–Trinajstić information content (AvgIpc) is 2.52. The zero-order valence-electron chi connectivity index (χ0n) is 12.9. The lowest BCUT2D eigenvalue weighted by molar-refractivity contribution is 0.317. The summed E-state index contributed by atoms with van der Waals surface area (Å²) in [5.41, 5.74) is 2.30. The fourth-order valence-electron chi connectivity index (χ4n) is 2.19. The maximum atomic E-state index is 6.27. The van der Waals surface area contributed by atoms with Gasteiger partial charge in [-0.25, -0.2) is 0 Å². The molecule has 0 aliphatic heterocycles. The van der Waals surface area contributed by atoms with Gasteiger partial charge in [-0.3, -0.25) is 0 Å². The minimum atomic E-state index is 0.259. The predicted octanol–water partition coefficient (Wildman–Crippen LogP) is 5.63. The summed E-state index contributed by atoms with van der Waals surface area (Å²) in [5.74, 6) is 0.574. The summed E-state index contributed by atoms with van der Waals surface area (Å²) in [5, 5.41) is 4.59. The Hall–Kier alpha value is -1.22. The van der Waals surface area contributed by atoms with E-state index in [-0.39, 0.29) is 6.04 Å². The monoisotopic (exact) mass is 337 g/mol. The van der Waals surface area contributed by atoms with Crippen LogP contribution in [0.25, 0.3) is 0 Å². The number of ether oxygens (including phenoxy) is 1. The highest BCUT2D eigenvalue weighted by molar-refractivity contribution is 6.37. The van der Waals surface area contributed by atoms with E-state index in [2.05, 4.69) is 24.4 Å². The molecule has 0 spiro atoms. The number of halogens is 2. The highest BCUT2D eigenvalue weighted by Crippen LogP contribution is 2.34. The topological polar surface area (TPSA) is 21.3 Å². The van der Waals surface area contributed by atoms with Crippen molar-refractivity contribution in [1.82, 2.24) is 5.32 Å². The zero-order chi connectivity index (χ0) is 15.9. The van der Waals surface area contributed by atoms with Crippen molar-refractivity contribution in [2.45, 2.75) is 32.9 Å². The molecule has 0 radical (unpaired) electrons. The second-order valence-corrected chi connectivity index (χ2v) is 6.06. The van der Waals surface area contributed by atoms with Crippen LogP contribution < -0.4 is 10.1 Å². The molecule has 22 heavy (non-hydrogen) atoms. The van der Waals surface area contributed by atoms with Gasteiger partial charge in [0, 0.05) is 12.6 Å². The third-order valence-electron chi connectivity index (χ3n) is 3.42. The van der Waals surface area contributed by atoms with E-state index in [1.807, 2.05) is 37.3 Å². The van der Waals surface area contributed by atoms with Gasteiger partial charge in [-0.15, -0.1) is 0 Å². The van der Waals surface area contributed by atoms with E-state index in [0.717, 1.165) is 12.0 Å². The van der Waals surface area contributed by atoms with Crippen LogP contribution in [0.15, 0.2) is 42.5 Å². The van der Waals surface area contributed by atoms with Crippen LogP contribution in [0.2, 0.25) is 10.0 Å². The SMILES string of the molecule is CCCOc1c(Cl)cc(CN[C@H](C)c2ccccc2)cc1Cl. The Balaban J connectivity index is 2.01. The maximum absolute atomic E-state index is 6.27. The summed E-state index contributed by atoms with van der Waals surface area (Å²) < 4.78 is 5.58. The van der Waals surface area contributed by atoms with Crippen molar-refractivity contribution in [3.8, 4) is 5.75 Å². The van der Waals surface area contributed by atoms with Gasteiger partial charge in [0.25, 0.3) is 0 Å². The molecular weight excluding hydrogens is 317 g/mol. The quantitative estimate of drug-likeness (QED) is 0.706. The van der Waals surface area contributed by atoms with E-state index in [4.69, 9.17) is 27.9 Å².